The van der Waals surface area contributed by atoms with Crippen LogP contribution in [0, 0.1) is 0 Å². The van der Waals surface area contributed by atoms with E-state index in [1.54, 1.807) is 18.3 Å². The molecule has 0 atom stereocenters. The highest BCUT2D eigenvalue weighted by Gasteiger charge is 2.05. The van der Waals surface area contributed by atoms with E-state index in [0.717, 1.165) is 21.8 Å². The fourth-order valence-corrected chi connectivity index (χ4v) is 2.72. The molecule has 0 aliphatic carbocycles. The van der Waals surface area contributed by atoms with E-state index >= 15 is 0 Å². The largest absolute Gasteiger partial charge is 0.504 e. The summed E-state index contributed by atoms with van der Waals surface area (Å²) in [4.78, 5) is 4.43. The van der Waals surface area contributed by atoms with E-state index in [2.05, 4.69) is 15.2 Å². The van der Waals surface area contributed by atoms with Crippen molar-refractivity contribution in [2.24, 2.45) is 4.99 Å². The van der Waals surface area contributed by atoms with Crippen LogP contribution in [0.4, 0.5) is 10.8 Å². The Bertz CT molecular complexity index is 877. The lowest BCUT2D eigenvalue weighted by Gasteiger charge is -2.05. The Morgan fingerprint density at radius 2 is 2.12 bits per heavy atom. The Balaban J connectivity index is 1.81. The number of hydrogen-bond acceptors (Lipinski definition) is 7. The minimum atomic E-state index is 0.0962. The van der Waals surface area contributed by atoms with Crippen LogP contribution in [0.3, 0.4) is 0 Å². The van der Waals surface area contributed by atoms with Crippen molar-refractivity contribution in [2.75, 3.05) is 12.3 Å². The summed E-state index contributed by atoms with van der Waals surface area (Å²) < 4.78 is 5.30. The predicted molar refractivity (Wildman–Crippen MR) is 96.3 cm³/mol. The molecule has 122 valence electrons. The number of phenols is 1. The molecule has 3 N–H and O–H groups in total. The number of nitrogens with two attached hydrogens (primary N) is 1. The number of aromatic nitrogens is 2. The van der Waals surface area contributed by atoms with Crippen molar-refractivity contribution in [3.63, 3.8) is 0 Å². The zero-order valence-electron chi connectivity index (χ0n) is 13.0. The first-order chi connectivity index (χ1) is 11.7. The summed E-state index contributed by atoms with van der Waals surface area (Å²) in [7, 11) is 0. The van der Waals surface area contributed by atoms with Gasteiger partial charge in [0.05, 0.1) is 12.3 Å². The van der Waals surface area contributed by atoms with Crippen LogP contribution in [0.25, 0.3) is 10.6 Å². The third kappa shape index (κ3) is 3.69. The average molecular weight is 340 g/mol. The summed E-state index contributed by atoms with van der Waals surface area (Å²) in [6.07, 6.45) is 1.68. The minimum Gasteiger partial charge on any atom is -0.504 e. The number of ether oxygens (including phenoxy) is 1. The van der Waals surface area contributed by atoms with Gasteiger partial charge in [-0.2, -0.15) is 0 Å². The SMILES string of the molecule is CCOc1ccc(C=Nc2cccc(-c3nnc(N)s3)c2)cc1O. The summed E-state index contributed by atoms with van der Waals surface area (Å²) in [5.41, 5.74) is 8.08. The second-order valence-corrected chi connectivity index (χ2v) is 5.92. The molecule has 3 rings (SSSR count). The Kier molecular flexibility index (Phi) is 4.72. The molecule has 0 saturated heterocycles. The lowest BCUT2D eigenvalue weighted by atomic mass is 10.2. The molecule has 0 unspecified atom stereocenters. The number of benzene rings is 2. The Labute approximate surface area is 143 Å². The third-order valence-corrected chi connectivity index (χ3v) is 3.98. The summed E-state index contributed by atoms with van der Waals surface area (Å²) in [5.74, 6) is 0.560. The van der Waals surface area contributed by atoms with Gasteiger partial charge in [-0.1, -0.05) is 23.5 Å². The number of rotatable bonds is 5. The second-order valence-electron chi connectivity index (χ2n) is 4.91. The number of aromatic hydroxyl groups is 1. The monoisotopic (exact) mass is 340 g/mol. The number of aliphatic imine (C=N–C) groups is 1. The van der Waals surface area contributed by atoms with E-state index in [4.69, 9.17) is 10.5 Å². The number of phenolic OH excluding ortho intramolecular Hbond substituents is 1. The average Bonchev–Trinajstić information content (AvgIpc) is 3.02. The quantitative estimate of drug-likeness (QED) is 0.692. The minimum absolute atomic E-state index is 0.0962. The molecular formula is C17H16N4O2S. The van der Waals surface area contributed by atoms with Gasteiger partial charge in [0.15, 0.2) is 11.5 Å². The second kappa shape index (κ2) is 7.10. The normalized spacial score (nSPS) is 11.0. The molecule has 0 saturated carbocycles. The molecule has 6 nitrogen and oxygen atoms in total. The van der Waals surface area contributed by atoms with E-state index < -0.39 is 0 Å². The first-order valence-electron chi connectivity index (χ1n) is 7.35. The number of nitrogen functional groups attached to an aromatic ring is 1. The standard InChI is InChI=1S/C17H16N4O2S/c1-2-23-15-7-6-11(8-14(15)22)10-19-13-5-3-4-12(9-13)16-20-21-17(18)24-16/h3-10,22H,2H2,1H3,(H2,18,21). The Hall–Kier alpha value is -2.93. The van der Waals surface area contributed by atoms with Crippen LogP contribution in [-0.2, 0) is 0 Å². The van der Waals surface area contributed by atoms with E-state index in [9.17, 15) is 5.11 Å². The zero-order chi connectivity index (χ0) is 16.9. The van der Waals surface area contributed by atoms with Crippen LogP contribution in [0.5, 0.6) is 11.5 Å². The van der Waals surface area contributed by atoms with Crippen molar-refractivity contribution in [3.8, 4) is 22.1 Å². The van der Waals surface area contributed by atoms with Gasteiger partial charge >= 0.3 is 0 Å². The maximum absolute atomic E-state index is 9.90. The Morgan fingerprint density at radius 1 is 1.25 bits per heavy atom. The first kappa shape index (κ1) is 15.9. The van der Waals surface area contributed by atoms with Crippen molar-refractivity contribution in [3.05, 3.63) is 48.0 Å². The molecular weight excluding hydrogens is 324 g/mol. The highest BCUT2D eigenvalue weighted by atomic mass is 32.1. The molecule has 1 heterocycles. The molecule has 7 heteroatoms. The van der Waals surface area contributed by atoms with Crippen LogP contribution in [0.15, 0.2) is 47.5 Å². The fraction of sp³-hybridized carbons (Fsp3) is 0.118. The summed E-state index contributed by atoms with van der Waals surface area (Å²) in [6, 6.07) is 12.8. The van der Waals surface area contributed by atoms with Crippen LogP contribution in [0.2, 0.25) is 0 Å². The summed E-state index contributed by atoms with van der Waals surface area (Å²) >= 11 is 1.33. The molecule has 0 aliphatic heterocycles. The molecule has 3 aromatic rings. The first-order valence-corrected chi connectivity index (χ1v) is 8.16. The van der Waals surface area contributed by atoms with Crippen LogP contribution < -0.4 is 10.5 Å². The van der Waals surface area contributed by atoms with Crippen LogP contribution >= 0.6 is 11.3 Å². The van der Waals surface area contributed by atoms with Crippen molar-refractivity contribution in [1.29, 1.82) is 0 Å². The topological polar surface area (TPSA) is 93.6 Å². The lowest BCUT2D eigenvalue weighted by Crippen LogP contribution is -1.92. The molecule has 1 aromatic heterocycles. The van der Waals surface area contributed by atoms with Crippen molar-refractivity contribution in [2.45, 2.75) is 6.92 Å². The molecule has 0 radical (unpaired) electrons. The lowest BCUT2D eigenvalue weighted by molar-refractivity contribution is 0.318. The van der Waals surface area contributed by atoms with E-state index in [1.165, 1.54) is 11.3 Å². The molecule has 0 amide bonds. The fourth-order valence-electron chi connectivity index (χ4n) is 2.11. The van der Waals surface area contributed by atoms with Gasteiger partial charge in [-0.25, -0.2) is 0 Å². The molecule has 0 spiro atoms. The molecule has 2 aromatic carbocycles. The van der Waals surface area contributed by atoms with Gasteiger partial charge in [-0.15, -0.1) is 10.2 Å². The van der Waals surface area contributed by atoms with Gasteiger partial charge in [-0.3, -0.25) is 4.99 Å². The van der Waals surface area contributed by atoms with Gasteiger partial charge in [0.25, 0.3) is 0 Å². The molecule has 0 bridgehead atoms. The highest BCUT2D eigenvalue weighted by Crippen LogP contribution is 2.28. The van der Waals surface area contributed by atoms with Crippen molar-refractivity contribution >= 4 is 28.4 Å². The van der Waals surface area contributed by atoms with Crippen LogP contribution in [0.1, 0.15) is 12.5 Å². The highest BCUT2D eigenvalue weighted by molar-refractivity contribution is 7.18. The molecule has 0 aliphatic rings. The smallest absolute Gasteiger partial charge is 0.203 e. The van der Waals surface area contributed by atoms with E-state index in [-0.39, 0.29) is 5.75 Å². The Morgan fingerprint density at radius 3 is 2.83 bits per heavy atom. The number of hydrogen-bond donors (Lipinski definition) is 2. The maximum atomic E-state index is 9.90. The molecule has 24 heavy (non-hydrogen) atoms. The zero-order valence-corrected chi connectivity index (χ0v) is 13.8. The molecule has 0 fully saturated rings. The number of anilines is 1. The maximum Gasteiger partial charge on any atom is 0.203 e. The predicted octanol–water partition coefficient (Wildman–Crippen LogP) is 3.64. The van der Waals surface area contributed by atoms with Gasteiger partial charge < -0.3 is 15.6 Å². The van der Waals surface area contributed by atoms with Gasteiger partial charge in [-0.05, 0) is 42.8 Å². The summed E-state index contributed by atoms with van der Waals surface area (Å²) in [5, 5.41) is 18.9. The van der Waals surface area contributed by atoms with Crippen molar-refractivity contribution in [1.82, 2.24) is 10.2 Å². The van der Waals surface area contributed by atoms with Crippen LogP contribution in [-0.4, -0.2) is 28.1 Å². The van der Waals surface area contributed by atoms with E-state index in [0.29, 0.717) is 17.5 Å². The number of nitrogens with zero attached hydrogens (tertiary/aromatic N) is 3. The van der Waals surface area contributed by atoms with Gasteiger partial charge in [0.1, 0.15) is 5.01 Å². The van der Waals surface area contributed by atoms with Gasteiger partial charge in [0.2, 0.25) is 5.13 Å². The van der Waals surface area contributed by atoms with Crippen molar-refractivity contribution < 1.29 is 9.84 Å². The van der Waals surface area contributed by atoms with Gasteiger partial charge in [0, 0.05) is 11.8 Å². The summed E-state index contributed by atoms with van der Waals surface area (Å²) in [6.45, 7) is 2.37. The van der Waals surface area contributed by atoms with E-state index in [1.807, 2.05) is 37.3 Å². The third-order valence-electron chi connectivity index (χ3n) is 3.18.